The number of carbonyl (C=O) groups is 1. The van der Waals surface area contributed by atoms with E-state index in [-0.39, 0.29) is 6.03 Å². The summed E-state index contributed by atoms with van der Waals surface area (Å²) in [5, 5.41) is 18.1. The van der Waals surface area contributed by atoms with Crippen LogP contribution in [-0.2, 0) is 5.54 Å². The summed E-state index contributed by atoms with van der Waals surface area (Å²) in [6, 6.07) is 12.9. The van der Waals surface area contributed by atoms with Crippen LogP contribution in [0.25, 0.3) is 0 Å². The molecule has 6 nitrogen and oxygen atoms in total. The van der Waals surface area contributed by atoms with Crippen LogP contribution in [0.5, 0.6) is 5.75 Å². The fraction of sp³-hybridized carbons (Fsp3) is 0.391. The molecule has 3 N–H and O–H groups in total. The van der Waals surface area contributed by atoms with Gasteiger partial charge in [0.15, 0.2) is 0 Å². The lowest BCUT2D eigenvalue weighted by molar-refractivity contribution is 0.242. The van der Waals surface area contributed by atoms with E-state index in [0.717, 1.165) is 35.3 Å². The molecule has 0 aromatic heterocycles. The number of nitrogens with one attached hydrogen (secondary N) is 2. The second kappa shape index (κ2) is 9.96. The summed E-state index contributed by atoms with van der Waals surface area (Å²) < 4.78 is 5.81. The van der Waals surface area contributed by atoms with Crippen LogP contribution in [0.1, 0.15) is 57.2 Å². The zero-order valence-corrected chi connectivity index (χ0v) is 17.9. The molecule has 0 spiro atoms. The molecule has 2 rings (SSSR count). The Kier molecular flexibility index (Phi) is 7.65. The molecule has 2 aromatic carbocycles. The van der Waals surface area contributed by atoms with E-state index in [9.17, 15) is 4.79 Å². The normalized spacial score (nSPS) is 11.8. The molecule has 0 fully saturated rings. The fourth-order valence-electron chi connectivity index (χ4n) is 2.87. The Hall–Kier alpha value is -3.02. The summed E-state index contributed by atoms with van der Waals surface area (Å²) in [6.45, 7) is 10.3. The predicted molar refractivity (Wildman–Crippen MR) is 117 cm³/mol. The van der Waals surface area contributed by atoms with Crippen LogP contribution in [0, 0.1) is 6.92 Å². The summed E-state index contributed by atoms with van der Waals surface area (Å²) in [7, 11) is 0. The SMILES string of the molecule is CCCCOc1cc(NC(=O)NC(C)(C)c2cccc(/C(C)=N/O)c2)ccc1C. The number of carbonyl (C=O) groups excluding carboxylic acids is 1. The van der Waals surface area contributed by atoms with Gasteiger partial charge < -0.3 is 20.6 Å². The lowest BCUT2D eigenvalue weighted by atomic mass is 9.92. The Morgan fingerprint density at radius 2 is 1.97 bits per heavy atom. The smallest absolute Gasteiger partial charge is 0.319 e. The molecular formula is C23H31N3O3. The maximum atomic E-state index is 12.6. The maximum Gasteiger partial charge on any atom is 0.319 e. The second-order valence-electron chi connectivity index (χ2n) is 7.65. The van der Waals surface area contributed by atoms with Crippen molar-refractivity contribution in [1.29, 1.82) is 0 Å². The number of oxime groups is 1. The van der Waals surface area contributed by atoms with Crippen molar-refractivity contribution in [1.82, 2.24) is 5.32 Å². The number of rotatable bonds is 8. The molecule has 29 heavy (non-hydrogen) atoms. The molecule has 0 unspecified atom stereocenters. The Balaban J connectivity index is 2.09. The molecule has 0 atom stereocenters. The molecule has 156 valence electrons. The summed E-state index contributed by atoms with van der Waals surface area (Å²) in [6.07, 6.45) is 2.06. The molecule has 0 saturated carbocycles. The van der Waals surface area contributed by atoms with Gasteiger partial charge in [0.2, 0.25) is 0 Å². The number of hydrogen-bond donors (Lipinski definition) is 3. The van der Waals surface area contributed by atoms with Crippen molar-refractivity contribution < 1.29 is 14.7 Å². The van der Waals surface area contributed by atoms with E-state index in [2.05, 4.69) is 22.7 Å². The summed E-state index contributed by atoms with van der Waals surface area (Å²) >= 11 is 0. The van der Waals surface area contributed by atoms with Crippen LogP contribution in [0.3, 0.4) is 0 Å². The third kappa shape index (κ3) is 6.24. The van der Waals surface area contributed by atoms with Gasteiger partial charge >= 0.3 is 6.03 Å². The minimum absolute atomic E-state index is 0.309. The summed E-state index contributed by atoms with van der Waals surface area (Å²) in [5.41, 5.74) is 3.30. The Morgan fingerprint density at radius 3 is 2.66 bits per heavy atom. The molecule has 0 aliphatic heterocycles. The van der Waals surface area contributed by atoms with Gasteiger partial charge in [0.1, 0.15) is 5.75 Å². The van der Waals surface area contributed by atoms with Crippen molar-refractivity contribution in [3.63, 3.8) is 0 Å². The number of nitrogens with zero attached hydrogens (tertiary/aromatic N) is 1. The van der Waals surface area contributed by atoms with Crippen LogP contribution in [0.2, 0.25) is 0 Å². The molecule has 0 saturated heterocycles. The van der Waals surface area contributed by atoms with Crippen molar-refractivity contribution in [2.24, 2.45) is 5.16 Å². The Morgan fingerprint density at radius 1 is 1.21 bits per heavy atom. The molecule has 0 heterocycles. The van der Waals surface area contributed by atoms with Gasteiger partial charge in [-0.1, -0.05) is 42.8 Å². The first-order valence-corrected chi connectivity index (χ1v) is 9.89. The van der Waals surface area contributed by atoms with E-state index in [4.69, 9.17) is 9.94 Å². The third-order valence-electron chi connectivity index (χ3n) is 4.78. The van der Waals surface area contributed by atoms with E-state index in [1.807, 2.05) is 63.2 Å². The standard InChI is InChI=1S/C23H31N3O3/c1-6-7-13-29-21-15-20(12-11-16(21)2)24-22(27)25-23(4,5)19-10-8-9-18(14-19)17(3)26-28/h8-12,14-15,28H,6-7,13H2,1-5H3,(H2,24,25,27)/b26-17+. The van der Waals surface area contributed by atoms with E-state index in [0.29, 0.717) is 18.0 Å². The molecule has 0 radical (unpaired) electrons. The van der Waals surface area contributed by atoms with Crippen molar-refractivity contribution in [3.05, 3.63) is 59.2 Å². The van der Waals surface area contributed by atoms with Crippen molar-refractivity contribution in [3.8, 4) is 5.75 Å². The predicted octanol–water partition coefficient (Wildman–Crippen LogP) is 5.43. The quantitative estimate of drug-likeness (QED) is 0.240. The lowest BCUT2D eigenvalue weighted by Crippen LogP contribution is -2.43. The largest absolute Gasteiger partial charge is 0.493 e. The van der Waals surface area contributed by atoms with Gasteiger partial charge in [0, 0.05) is 11.8 Å². The highest BCUT2D eigenvalue weighted by Gasteiger charge is 2.23. The van der Waals surface area contributed by atoms with E-state index >= 15 is 0 Å². The topological polar surface area (TPSA) is 83.0 Å². The van der Waals surface area contributed by atoms with Gasteiger partial charge in [-0.25, -0.2) is 4.79 Å². The van der Waals surface area contributed by atoms with Crippen LogP contribution in [0.15, 0.2) is 47.6 Å². The van der Waals surface area contributed by atoms with Crippen LogP contribution < -0.4 is 15.4 Å². The zero-order chi connectivity index (χ0) is 21.4. The average molecular weight is 398 g/mol. The molecule has 0 bridgehead atoms. The first-order chi connectivity index (χ1) is 13.8. The van der Waals surface area contributed by atoms with Gasteiger partial charge in [-0.05, 0) is 62.9 Å². The first-order valence-electron chi connectivity index (χ1n) is 9.89. The number of aryl methyl sites for hydroxylation is 1. The van der Waals surface area contributed by atoms with Gasteiger partial charge in [-0.3, -0.25) is 0 Å². The van der Waals surface area contributed by atoms with Crippen LogP contribution in [-0.4, -0.2) is 23.6 Å². The monoisotopic (exact) mass is 397 g/mol. The first kappa shape index (κ1) is 22.3. The highest BCUT2D eigenvalue weighted by atomic mass is 16.5. The number of anilines is 1. The number of hydrogen-bond acceptors (Lipinski definition) is 4. The summed E-state index contributed by atoms with van der Waals surface area (Å²) in [5.74, 6) is 0.780. The minimum Gasteiger partial charge on any atom is -0.493 e. The third-order valence-corrected chi connectivity index (χ3v) is 4.78. The van der Waals surface area contributed by atoms with Gasteiger partial charge in [-0.2, -0.15) is 0 Å². The number of benzene rings is 2. The van der Waals surface area contributed by atoms with E-state index < -0.39 is 5.54 Å². The molecule has 0 aliphatic rings. The van der Waals surface area contributed by atoms with Gasteiger partial charge in [-0.15, -0.1) is 0 Å². The van der Waals surface area contributed by atoms with E-state index in [1.165, 1.54) is 0 Å². The van der Waals surface area contributed by atoms with Crippen molar-refractivity contribution in [2.75, 3.05) is 11.9 Å². The minimum atomic E-state index is -0.624. The van der Waals surface area contributed by atoms with Gasteiger partial charge in [0.25, 0.3) is 0 Å². The second-order valence-corrected chi connectivity index (χ2v) is 7.65. The number of urea groups is 1. The summed E-state index contributed by atoms with van der Waals surface area (Å²) in [4.78, 5) is 12.6. The molecule has 0 aliphatic carbocycles. The maximum absolute atomic E-state index is 12.6. The van der Waals surface area contributed by atoms with Crippen molar-refractivity contribution in [2.45, 2.75) is 53.0 Å². The van der Waals surface area contributed by atoms with Crippen LogP contribution in [0.4, 0.5) is 10.5 Å². The molecule has 2 aromatic rings. The highest BCUT2D eigenvalue weighted by molar-refractivity contribution is 5.98. The average Bonchev–Trinajstić information content (AvgIpc) is 2.69. The highest BCUT2D eigenvalue weighted by Crippen LogP contribution is 2.24. The number of amides is 2. The van der Waals surface area contributed by atoms with Crippen LogP contribution >= 0.6 is 0 Å². The Labute approximate surface area is 173 Å². The van der Waals surface area contributed by atoms with Gasteiger partial charge in [0.05, 0.1) is 17.9 Å². The lowest BCUT2D eigenvalue weighted by Gasteiger charge is -2.27. The molecule has 6 heteroatoms. The zero-order valence-electron chi connectivity index (χ0n) is 17.9. The van der Waals surface area contributed by atoms with Crippen molar-refractivity contribution >= 4 is 17.4 Å². The van der Waals surface area contributed by atoms with E-state index in [1.54, 1.807) is 6.92 Å². The fourth-order valence-corrected chi connectivity index (χ4v) is 2.87. The number of unbranched alkanes of at least 4 members (excludes halogenated alkanes) is 1. The Bertz CT molecular complexity index is 875. The molecular weight excluding hydrogens is 366 g/mol. The molecule has 2 amide bonds. The number of ether oxygens (including phenoxy) is 1.